The number of rotatable bonds is 4. The van der Waals surface area contributed by atoms with Gasteiger partial charge in [0, 0.05) is 26.2 Å². The van der Waals surface area contributed by atoms with Gasteiger partial charge in [-0.25, -0.2) is 22.7 Å². The Morgan fingerprint density at radius 2 is 1.83 bits per heavy atom. The van der Waals surface area contributed by atoms with Gasteiger partial charge in [0.05, 0.1) is 28.7 Å². The summed E-state index contributed by atoms with van der Waals surface area (Å²) in [6.07, 6.45) is 1.81. The molecule has 30 heavy (non-hydrogen) atoms. The summed E-state index contributed by atoms with van der Waals surface area (Å²) in [5.74, 6) is 2.40. The van der Waals surface area contributed by atoms with E-state index in [0.29, 0.717) is 24.9 Å². The van der Waals surface area contributed by atoms with E-state index in [0.717, 1.165) is 47.2 Å². The normalized spacial score (nSPS) is 22.2. The zero-order valence-electron chi connectivity index (χ0n) is 17.5. The lowest BCUT2D eigenvalue weighted by atomic mass is 10.0. The maximum atomic E-state index is 12.2. The van der Waals surface area contributed by atoms with Crippen LogP contribution in [-0.4, -0.2) is 64.6 Å². The van der Waals surface area contributed by atoms with Crippen LogP contribution in [0.15, 0.2) is 24.4 Å². The molecular formula is C21H26N6O2S. The highest BCUT2D eigenvalue weighted by atomic mass is 32.2. The molecule has 0 spiro atoms. The molecule has 2 atom stereocenters. The van der Waals surface area contributed by atoms with E-state index < -0.39 is 10.0 Å². The number of aryl methyl sites for hydroxylation is 2. The van der Waals surface area contributed by atoms with Crippen molar-refractivity contribution in [2.24, 2.45) is 11.8 Å². The number of nitrogens with one attached hydrogen (secondary N) is 1. The molecule has 2 unspecified atom stereocenters. The van der Waals surface area contributed by atoms with Crippen LogP contribution in [0.3, 0.4) is 0 Å². The molecular weight excluding hydrogens is 400 g/mol. The highest BCUT2D eigenvalue weighted by Crippen LogP contribution is 2.35. The largest absolute Gasteiger partial charge is 0.355 e. The Kier molecular flexibility index (Phi) is 4.55. The van der Waals surface area contributed by atoms with Crippen molar-refractivity contribution in [2.75, 3.05) is 36.8 Å². The van der Waals surface area contributed by atoms with Crippen molar-refractivity contribution in [3.8, 4) is 11.5 Å². The van der Waals surface area contributed by atoms with E-state index >= 15 is 0 Å². The van der Waals surface area contributed by atoms with Gasteiger partial charge in [-0.3, -0.25) is 4.98 Å². The van der Waals surface area contributed by atoms with Gasteiger partial charge in [-0.15, -0.1) is 0 Å². The number of hydrogen-bond donors (Lipinski definition) is 1. The maximum Gasteiger partial charge on any atom is 0.213 e. The quantitative estimate of drug-likeness (QED) is 0.688. The van der Waals surface area contributed by atoms with Gasteiger partial charge in [0.25, 0.3) is 0 Å². The fourth-order valence-electron chi connectivity index (χ4n) is 4.60. The van der Waals surface area contributed by atoms with Crippen LogP contribution in [0.5, 0.6) is 0 Å². The van der Waals surface area contributed by atoms with Gasteiger partial charge in [-0.2, -0.15) is 0 Å². The summed E-state index contributed by atoms with van der Waals surface area (Å²) in [6.45, 7) is 8.52. The SMILES string of the molecule is CCS(=O)(=O)N1CC2CN(c3cnc(C)c(-c4nc5ccc(C)cc5[nH]4)n3)CC2C1. The number of imidazole rings is 1. The van der Waals surface area contributed by atoms with Crippen LogP contribution in [0, 0.1) is 25.7 Å². The monoisotopic (exact) mass is 426 g/mol. The number of benzene rings is 1. The van der Waals surface area contributed by atoms with Crippen molar-refractivity contribution in [2.45, 2.75) is 20.8 Å². The molecule has 8 nitrogen and oxygen atoms in total. The topological polar surface area (TPSA) is 95.1 Å². The number of sulfonamides is 1. The maximum absolute atomic E-state index is 12.2. The molecule has 158 valence electrons. The van der Waals surface area contributed by atoms with Crippen LogP contribution in [-0.2, 0) is 10.0 Å². The van der Waals surface area contributed by atoms with Gasteiger partial charge in [0.2, 0.25) is 10.0 Å². The average molecular weight is 427 g/mol. The zero-order valence-corrected chi connectivity index (χ0v) is 18.3. The summed E-state index contributed by atoms with van der Waals surface area (Å²) >= 11 is 0. The van der Waals surface area contributed by atoms with E-state index in [9.17, 15) is 8.42 Å². The molecule has 2 fully saturated rings. The summed E-state index contributed by atoms with van der Waals surface area (Å²) < 4.78 is 26.1. The summed E-state index contributed by atoms with van der Waals surface area (Å²) in [4.78, 5) is 19.8. The van der Waals surface area contributed by atoms with E-state index in [4.69, 9.17) is 9.97 Å². The first-order valence-electron chi connectivity index (χ1n) is 10.4. The fraction of sp³-hybridized carbons (Fsp3) is 0.476. The van der Waals surface area contributed by atoms with E-state index in [1.807, 2.05) is 25.3 Å². The molecule has 0 radical (unpaired) electrons. The van der Waals surface area contributed by atoms with Gasteiger partial charge in [0.1, 0.15) is 11.5 Å². The standard InChI is InChI=1S/C21H26N6O2S/c1-4-30(28,29)27-11-15-9-26(10-16(15)12-27)19-8-22-14(3)20(25-19)21-23-17-6-5-13(2)7-18(17)24-21/h5-8,15-16H,4,9-12H2,1-3H3,(H,23,24). The summed E-state index contributed by atoms with van der Waals surface area (Å²) in [5, 5.41) is 0. The number of H-pyrrole nitrogens is 1. The molecule has 2 aromatic heterocycles. The van der Waals surface area contributed by atoms with Gasteiger partial charge in [-0.05, 0) is 50.3 Å². The van der Waals surface area contributed by atoms with Crippen LogP contribution in [0.2, 0.25) is 0 Å². The van der Waals surface area contributed by atoms with Crippen LogP contribution in [0.4, 0.5) is 5.82 Å². The first-order valence-corrected chi connectivity index (χ1v) is 12.0. The molecule has 2 aliphatic heterocycles. The lowest BCUT2D eigenvalue weighted by molar-refractivity contribution is 0.454. The van der Waals surface area contributed by atoms with Gasteiger partial charge in [-0.1, -0.05) is 6.07 Å². The number of fused-ring (bicyclic) bond motifs is 2. The molecule has 0 bridgehead atoms. The lowest BCUT2D eigenvalue weighted by Gasteiger charge is -2.22. The second kappa shape index (κ2) is 7.02. The number of nitrogens with zero attached hydrogens (tertiary/aromatic N) is 5. The Morgan fingerprint density at radius 1 is 1.10 bits per heavy atom. The molecule has 2 saturated heterocycles. The van der Waals surface area contributed by atoms with E-state index in [1.54, 1.807) is 11.2 Å². The highest BCUT2D eigenvalue weighted by molar-refractivity contribution is 7.89. The molecule has 1 N–H and O–H groups in total. The van der Waals surface area contributed by atoms with E-state index in [1.165, 1.54) is 5.56 Å². The minimum absolute atomic E-state index is 0.167. The van der Waals surface area contributed by atoms with Crippen LogP contribution in [0.25, 0.3) is 22.6 Å². The van der Waals surface area contributed by atoms with E-state index in [2.05, 4.69) is 27.9 Å². The molecule has 2 aliphatic rings. The number of aromatic nitrogens is 4. The summed E-state index contributed by atoms with van der Waals surface area (Å²) in [7, 11) is -3.11. The molecule has 3 aromatic rings. The average Bonchev–Trinajstić information content (AvgIpc) is 3.40. The van der Waals surface area contributed by atoms with Crippen molar-refractivity contribution in [3.05, 3.63) is 35.7 Å². The molecule has 9 heteroatoms. The summed E-state index contributed by atoms with van der Waals surface area (Å²) in [5.41, 5.74) is 4.67. The lowest BCUT2D eigenvalue weighted by Crippen LogP contribution is -2.34. The number of aromatic amines is 1. The molecule has 0 saturated carbocycles. The summed E-state index contributed by atoms with van der Waals surface area (Å²) in [6, 6.07) is 6.14. The predicted molar refractivity (Wildman–Crippen MR) is 117 cm³/mol. The number of hydrogen-bond acceptors (Lipinski definition) is 6. The Hall–Kier alpha value is -2.52. The number of anilines is 1. The Balaban J connectivity index is 1.40. The van der Waals surface area contributed by atoms with Gasteiger partial charge < -0.3 is 9.88 Å². The third-order valence-electron chi connectivity index (χ3n) is 6.34. The third-order valence-corrected chi connectivity index (χ3v) is 8.15. The molecule has 1 aromatic carbocycles. The minimum atomic E-state index is -3.11. The van der Waals surface area contributed by atoms with Crippen LogP contribution >= 0.6 is 0 Å². The van der Waals surface area contributed by atoms with Crippen molar-refractivity contribution < 1.29 is 8.42 Å². The van der Waals surface area contributed by atoms with Gasteiger partial charge >= 0.3 is 0 Å². The first kappa shape index (κ1) is 19.4. The van der Waals surface area contributed by atoms with Gasteiger partial charge in [0.15, 0.2) is 5.82 Å². The second-order valence-electron chi connectivity index (χ2n) is 8.41. The molecule has 0 aliphatic carbocycles. The second-order valence-corrected chi connectivity index (χ2v) is 10.7. The third kappa shape index (κ3) is 3.26. The Morgan fingerprint density at radius 3 is 2.53 bits per heavy atom. The minimum Gasteiger partial charge on any atom is -0.355 e. The Labute approximate surface area is 176 Å². The molecule has 0 amide bonds. The Bertz CT molecular complexity index is 1210. The van der Waals surface area contributed by atoms with Crippen LogP contribution in [0.1, 0.15) is 18.2 Å². The van der Waals surface area contributed by atoms with E-state index in [-0.39, 0.29) is 5.75 Å². The van der Waals surface area contributed by atoms with Crippen molar-refractivity contribution >= 4 is 26.9 Å². The predicted octanol–water partition coefficient (Wildman–Crippen LogP) is 2.35. The zero-order chi connectivity index (χ0) is 21.0. The fourth-order valence-corrected chi connectivity index (χ4v) is 5.80. The molecule has 5 rings (SSSR count). The molecule has 4 heterocycles. The van der Waals surface area contributed by atoms with Crippen molar-refractivity contribution in [3.63, 3.8) is 0 Å². The van der Waals surface area contributed by atoms with Crippen LogP contribution < -0.4 is 4.90 Å². The highest BCUT2D eigenvalue weighted by Gasteiger charge is 2.43. The van der Waals surface area contributed by atoms with Crippen molar-refractivity contribution in [1.29, 1.82) is 0 Å². The van der Waals surface area contributed by atoms with Crippen molar-refractivity contribution in [1.82, 2.24) is 24.2 Å². The first-order chi connectivity index (χ1) is 14.3. The smallest absolute Gasteiger partial charge is 0.213 e.